The molecule has 0 spiro atoms. The molecule has 0 bridgehead atoms. The van der Waals surface area contributed by atoms with E-state index in [-0.39, 0.29) is 22.3 Å². The third kappa shape index (κ3) is 2.22. The van der Waals surface area contributed by atoms with Gasteiger partial charge < -0.3 is 15.5 Å². The summed E-state index contributed by atoms with van der Waals surface area (Å²) in [5.41, 5.74) is -0.379. The van der Waals surface area contributed by atoms with Gasteiger partial charge in [0.05, 0.1) is 27.9 Å². The van der Waals surface area contributed by atoms with E-state index in [1.54, 1.807) is 0 Å². The fourth-order valence-corrected chi connectivity index (χ4v) is 2.54. The van der Waals surface area contributed by atoms with Crippen molar-refractivity contribution in [2.75, 3.05) is 11.9 Å². The molecule has 0 atom stereocenters. The summed E-state index contributed by atoms with van der Waals surface area (Å²) >= 11 is 2.94. The van der Waals surface area contributed by atoms with E-state index in [1.807, 2.05) is 0 Å². The molecule has 3 N–H and O–H groups in total. The molecule has 1 fully saturated rings. The first-order valence-electron chi connectivity index (χ1n) is 5.59. The van der Waals surface area contributed by atoms with Gasteiger partial charge in [-0.2, -0.15) is 0 Å². The molecule has 2 rings (SSSR count). The average molecular weight is 318 g/mol. The van der Waals surface area contributed by atoms with Crippen LogP contribution < -0.4 is 5.32 Å². The first-order valence-corrected chi connectivity index (χ1v) is 6.39. The van der Waals surface area contributed by atoms with Crippen molar-refractivity contribution in [2.24, 2.45) is 0 Å². The molecule has 0 radical (unpaired) electrons. The third-order valence-corrected chi connectivity index (χ3v) is 4.10. The highest BCUT2D eigenvalue weighted by atomic mass is 79.9. The van der Waals surface area contributed by atoms with E-state index in [2.05, 4.69) is 21.2 Å². The van der Waals surface area contributed by atoms with Crippen LogP contribution in [0.15, 0.2) is 16.6 Å². The molecule has 18 heavy (non-hydrogen) atoms. The maximum absolute atomic E-state index is 14.0. The number of hydrogen-bond acceptors (Lipinski definition) is 3. The molecule has 4 nitrogen and oxygen atoms in total. The van der Waals surface area contributed by atoms with E-state index in [9.17, 15) is 14.3 Å². The monoisotopic (exact) mass is 317 g/mol. The summed E-state index contributed by atoms with van der Waals surface area (Å²) in [6, 6.07) is 2.72. The summed E-state index contributed by atoms with van der Waals surface area (Å²) in [6.07, 6.45) is 2.55. The predicted molar refractivity (Wildman–Crippen MR) is 68.3 cm³/mol. The van der Waals surface area contributed by atoms with Crippen molar-refractivity contribution in [1.29, 1.82) is 0 Å². The summed E-state index contributed by atoms with van der Waals surface area (Å²) in [5.74, 6) is -1.83. The van der Waals surface area contributed by atoms with Gasteiger partial charge in [0.2, 0.25) is 0 Å². The molecule has 1 aliphatic carbocycles. The summed E-state index contributed by atoms with van der Waals surface area (Å²) in [5, 5.41) is 21.1. The van der Waals surface area contributed by atoms with Crippen LogP contribution in [0.25, 0.3) is 0 Å². The highest BCUT2D eigenvalue weighted by Crippen LogP contribution is 2.37. The topological polar surface area (TPSA) is 69.6 Å². The number of rotatable bonds is 4. The quantitative estimate of drug-likeness (QED) is 0.798. The number of aliphatic hydroxyl groups excluding tert-OH is 1. The Balaban J connectivity index is 2.30. The lowest BCUT2D eigenvalue weighted by Crippen LogP contribution is -2.48. The Hall–Kier alpha value is -1.14. The standard InChI is InChI=1S/C12H13BrFNO3/c13-9-7(11(17)18)2-3-8(10(9)14)15-12(6-16)4-1-5-12/h2-3,15-16H,1,4-6H2,(H,17,18). The molecule has 0 unspecified atom stereocenters. The molecule has 6 heteroatoms. The molecule has 0 heterocycles. The molecule has 1 saturated carbocycles. The first-order chi connectivity index (χ1) is 8.49. The van der Waals surface area contributed by atoms with Crippen molar-refractivity contribution in [1.82, 2.24) is 0 Å². The Labute approximate surface area is 112 Å². The first kappa shape index (κ1) is 13.3. The van der Waals surface area contributed by atoms with E-state index < -0.39 is 17.3 Å². The van der Waals surface area contributed by atoms with Crippen LogP contribution in [-0.2, 0) is 0 Å². The Morgan fingerprint density at radius 1 is 1.50 bits per heavy atom. The van der Waals surface area contributed by atoms with Gasteiger partial charge in [0.25, 0.3) is 0 Å². The number of aliphatic hydroxyl groups is 1. The molecule has 0 aromatic heterocycles. The Morgan fingerprint density at radius 2 is 2.17 bits per heavy atom. The lowest BCUT2D eigenvalue weighted by atomic mass is 9.77. The number of aromatic carboxylic acids is 1. The average Bonchev–Trinajstić information content (AvgIpc) is 2.28. The normalized spacial score (nSPS) is 17.1. The summed E-state index contributed by atoms with van der Waals surface area (Å²) in [4.78, 5) is 10.8. The second-order valence-corrected chi connectivity index (χ2v) is 5.30. The summed E-state index contributed by atoms with van der Waals surface area (Å²) < 4.78 is 13.9. The van der Waals surface area contributed by atoms with Gasteiger partial charge in [-0.1, -0.05) is 0 Å². The number of benzene rings is 1. The van der Waals surface area contributed by atoms with Crippen LogP contribution in [0.2, 0.25) is 0 Å². The van der Waals surface area contributed by atoms with Crippen LogP contribution in [0.4, 0.5) is 10.1 Å². The van der Waals surface area contributed by atoms with Gasteiger partial charge in [-0.25, -0.2) is 9.18 Å². The number of carbonyl (C=O) groups is 1. The second-order valence-electron chi connectivity index (χ2n) is 4.51. The van der Waals surface area contributed by atoms with Gasteiger partial charge in [0.15, 0.2) is 5.82 Å². The van der Waals surface area contributed by atoms with Crippen LogP contribution in [-0.4, -0.2) is 28.3 Å². The number of nitrogens with one attached hydrogen (secondary N) is 1. The maximum atomic E-state index is 14.0. The summed E-state index contributed by atoms with van der Waals surface area (Å²) in [7, 11) is 0. The number of carboxylic acids is 1. The second kappa shape index (κ2) is 4.85. The van der Waals surface area contributed by atoms with E-state index in [4.69, 9.17) is 5.11 Å². The third-order valence-electron chi connectivity index (χ3n) is 3.33. The molecule has 0 saturated heterocycles. The Morgan fingerprint density at radius 3 is 2.61 bits per heavy atom. The molecule has 0 amide bonds. The predicted octanol–water partition coefficient (Wildman–Crippen LogP) is 2.61. The van der Waals surface area contributed by atoms with Crippen LogP contribution >= 0.6 is 15.9 Å². The SMILES string of the molecule is O=C(O)c1ccc(NC2(CO)CCC2)c(F)c1Br. The lowest BCUT2D eigenvalue weighted by molar-refractivity contribution is 0.0695. The van der Waals surface area contributed by atoms with Gasteiger partial charge in [0, 0.05) is 0 Å². The molecule has 1 aromatic carbocycles. The molecular weight excluding hydrogens is 305 g/mol. The zero-order valence-electron chi connectivity index (χ0n) is 9.54. The summed E-state index contributed by atoms with van der Waals surface area (Å²) in [6.45, 7) is -0.0647. The number of halogens is 2. The van der Waals surface area contributed by atoms with Crippen molar-refractivity contribution in [3.8, 4) is 0 Å². The van der Waals surface area contributed by atoms with Crippen LogP contribution in [0.1, 0.15) is 29.6 Å². The van der Waals surface area contributed by atoms with Gasteiger partial charge >= 0.3 is 5.97 Å². The minimum absolute atomic E-state index is 0.0647. The largest absolute Gasteiger partial charge is 0.478 e. The van der Waals surface area contributed by atoms with Crippen molar-refractivity contribution >= 4 is 27.6 Å². The molecule has 1 aromatic rings. The minimum atomic E-state index is -1.19. The Bertz CT molecular complexity index is 483. The molecular formula is C12H13BrFNO3. The van der Waals surface area contributed by atoms with E-state index in [0.29, 0.717) is 0 Å². The zero-order valence-corrected chi connectivity index (χ0v) is 11.1. The van der Waals surface area contributed by atoms with Crippen molar-refractivity contribution in [3.05, 3.63) is 28.0 Å². The fraction of sp³-hybridized carbons (Fsp3) is 0.417. The van der Waals surface area contributed by atoms with Crippen LogP contribution in [0.3, 0.4) is 0 Å². The highest BCUT2D eigenvalue weighted by Gasteiger charge is 2.37. The lowest BCUT2D eigenvalue weighted by Gasteiger charge is -2.42. The number of hydrogen-bond donors (Lipinski definition) is 3. The van der Waals surface area contributed by atoms with Crippen molar-refractivity contribution < 1.29 is 19.4 Å². The molecule has 98 valence electrons. The zero-order chi connectivity index (χ0) is 13.3. The fourth-order valence-electron chi connectivity index (χ4n) is 2.02. The number of carboxylic acid groups (broad SMARTS) is 1. The van der Waals surface area contributed by atoms with Crippen LogP contribution in [0.5, 0.6) is 0 Å². The minimum Gasteiger partial charge on any atom is -0.478 e. The Kier molecular flexibility index (Phi) is 3.59. The van der Waals surface area contributed by atoms with Gasteiger partial charge in [-0.3, -0.25) is 0 Å². The number of anilines is 1. The molecule has 0 aliphatic heterocycles. The van der Waals surface area contributed by atoms with Crippen molar-refractivity contribution in [2.45, 2.75) is 24.8 Å². The van der Waals surface area contributed by atoms with Crippen LogP contribution in [0, 0.1) is 5.82 Å². The van der Waals surface area contributed by atoms with E-state index in [0.717, 1.165) is 19.3 Å². The van der Waals surface area contributed by atoms with Gasteiger partial charge in [-0.05, 0) is 47.3 Å². The van der Waals surface area contributed by atoms with E-state index in [1.165, 1.54) is 12.1 Å². The molecule has 1 aliphatic rings. The highest BCUT2D eigenvalue weighted by molar-refractivity contribution is 9.10. The van der Waals surface area contributed by atoms with Gasteiger partial charge in [-0.15, -0.1) is 0 Å². The van der Waals surface area contributed by atoms with Crippen molar-refractivity contribution in [3.63, 3.8) is 0 Å². The van der Waals surface area contributed by atoms with E-state index >= 15 is 0 Å². The maximum Gasteiger partial charge on any atom is 0.336 e. The van der Waals surface area contributed by atoms with Gasteiger partial charge in [0.1, 0.15) is 0 Å². The smallest absolute Gasteiger partial charge is 0.336 e.